The molecule has 2 aromatic rings. The molecule has 1 saturated heterocycles. The molecule has 1 N–H and O–H groups in total. The molecule has 0 saturated carbocycles. The lowest BCUT2D eigenvalue weighted by Gasteiger charge is -2.30. The van der Waals surface area contributed by atoms with E-state index in [-0.39, 0.29) is 29.0 Å². The predicted octanol–water partition coefficient (Wildman–Crippen LogP) is 3.83. The Morgan fingerprint density at radius 1 is 1.16 bits per heavy atom. The van der Waals surface area contributed by atoms with Crippen LogP contribution in [0.15, 0.2) is 47.4 Å². The highest BCUT2D eigenvalue weighted by atomic mass is 32.2. The summed E-state index contributed by atoms with van der Waals surface area (Å²) in [4.78, 5) is 14.9. The van der Waals surface area contributed by atoms with Crippen molar-refractivity contribution in [2.24, 2.45) is 5.92 Å². The number of piperidine rings is 1. The van der Waals surface area contributed by atoms with Gasteiger partial charge in [0.15, 0.2) is 0 Å². The van der Waals surface area contributed by atoms with E-state index in [0.29, 0.717) is 30.5 Å². The maximum Gasteiger partial charge on any atom is 0.257 e. The van der Waals surface area contributed by atoms with Crippen LogP contribution in [0.2, 0.25) is 0 Å². The number of sulfonamides is 1. The van der Waals surface area contributed by atoms with E-state index in [1.807, 2.05) is 38.1 Å². The Hall–Kier alpha value is -2.58. The van der Waals surface area contributed by atoms with Crippen molar-refractivity contribution in [3.63, 3.8) is 0 Å². The molecule has 2 aromatic carbocycles. The predicted molar refractivity (Wildman–Crippen MR) is 124 cm³/mol. The van der Waals surface area contributed by atoms with E-state index >= 15 is 0 Å². The first-order valence-electron chi connectivity index (χ1n) is 10.9. The number of rotatable bonds is 8. The maximum atomic E-state index is 13.1. The second-order valence-electron chi connectivity index (χ2n) is 8.48. The molecule has 32 heavy (non-hydrogen) atoms. The number of carbonyl (C=O) groups excluding carboxylic acids is 1. The van der Waals surface area contributed by atoms with Crippen LogP contribution in [0.25, 0.3) is 0 Å². The highest BCUT2D eigenvalue weighted by molar-refractivity contribution is 7.89. The quantitative estimate of drug-likeness (QED) is 0.647. The normalized spacial score (nSPS) is 15.1. The number of carbonyl (C=O) groups is 1. The van der Waals surface area contributed by atoms with Crippen molar-refractivity contribution in [3.8, 4) is 11.5 Å². The molecular formula is C24H32N2O5S. The monoisotopic (exact) mass is 460 g/mol. The van der Waals surface area contributed by atoms with Crippen molar-refractivity contribution in [3.05, 3.63) is 53.6 Å². The third kappa shape index (κ3) is 6.01. The molecule has 0 bridgehead atoms. The Bertz CT molecular complexity index is 1040. The highest BCUT2D eigenvalue weighted by Gasteiger charge is 2.26. The van der Waals surface area contributed by atoms with Crippen molar-refractivity contribution in [2.45, 2.75) is 51.2 Å². The van der Waals surface area contributed by atoms with Crippen LogP contribution >= 0.6 is 0 Å². The Labute approximate surface area is 190 Å². The van der Waals surface area contributed by atoms with Gasteiger partial charge in [-0.2, -0.15) is 0 Å². The minimum Gasteiger partial charge on any atom is -0.496 e. The van der Waals surface area contributed by atoms with Gasteiger partial charge in [0.1, 0.15) is 11.5 Å². The second kappa shape index (κ2) is 10.4. The van der Waals surface area contributed by atoms with Gasteiger partial charge in [-0.25, -0.2) is 13.1 Å². The first kappa shape index (κ1) is 24.1. The summed E-state index contributed by atoms with van der Waals surface area (Å²) in [7, 11) is -2.36. The zero-order chi connectivity index (χ0) is 23.3. The Morgan fingerprint density at radius 3 is 2.53 bits per heavy atom. The Balaban J connectivity index is 1.78. The summed E-state index contributed by atoms with van der Waals surface area (Å²) in [5.41, 5.74) is 1.04. The first-order chi connectivity index (χ1) is 15.2. The van der Waals surface area contributed by atoms with Gasteiger partial charge < -0.3 is 14.4 Å². The molecule has 0 radical (unpaired) electrons. The van der Waals surface area contributed by atoms with Gasteiger partial charge in [-0.3, -0.25) is 4.79 Å². The lowest BCUT2D eigenvalue weighted by Crippen LogP contribution is -2.38. The summed E-state index contributed by atoms with van der Waals surface area (Å²) >= 11 is 0. The molecule has 1 amide bonds. The summed E-state index contributed by atoms with van der Waals surface area (Å²) in [5.74, 6) is 1.43. The molecule has 1 aliphatic heterocycles. The van der Waals surface area contributed by atoms with Crippen molar-refractivity contribution >= 4 is 15.9 Å². The summed E-state index contributed by atoms with van der Waals surface area (Å²) in [5, 5.41) is 0. The van der Waals surface area contributed by atoms with Gasteiger partial charge in [-0.1, -0.05) is 19.1 Å². The van der Waals surface area contributed by atoms with Crippen molar-refractivity contribution < 1.29 is 22.7 Å². The van der Waals surface area contributed by atoms with Gasteiger partial charge in [-0.05, 0) is 68.5 Å². The maximum absolute atomic E-state index is 13.1. The minimum absolute atomic E-state index is 0.0281. The van der Waals surface area contributed by atoms with E-state index < -0.39 is 10.0 Å². The van der Waals surface area contributed by atoms with E-state index in [2.05, 4.69) is 11.6 Å². The average molecular weight is 461 g/mol. The van der Waals surface area contributed by atoms with Gasteiger partial charge >= 0.3 is 0 Å². The molecule has 1 fully saturated rings. The van der Waals surface area contributed by atoms with Gasteiger partial charge in [0.2, 0.25) is 10.0 Å². The number of hydrogen-bond donors (Lipinski definition) is 1. The molecule has 1 aliphatic rings. The van der Waals surface area contributed by atoms with Crippen LogP contribution in [0.4, 0.5) is 0 Å². The smallest absolute Gasteiger partial charge is 0.257 e. The summed E-state index contributed by atoms with van der Waals surface area (Å²) in [6.45, 7) is 7.47. The third-order valence-electron chi connectivity index (χ3n) is 5.52. The number of hydrogen-bond acceptors (Lipinski definition) is 5. The number of amides is 1. The van der Waals surface area contributed by atoms with Crippen LogP contribution in [0.1, 0.15) is 49.5 Å². The number of nitrogens with one attached hydrogen (secondary N) is 1. The van der Waals surface area contributed by atoms with Crippen molar-refractivity contribution in [1.29, 1.82) is 0 Å². The third-order valence-corrected chi connectivity index (χ3v) is 6.92. The SMILES string of the molecule is COc1ccc(S(=O)(=O)NCc2cccc(OC(C)C)c2)cc1C(=O)N1CCC(C)CC1. The fraction of sp³-hybridized carbons (Fsp3) is 0.458. The molecule has 174 valence electrons. The number of nitrogens with zero attached hydrogens (tertiary/aromatic N) is 1. The molecule has 0 aromatic heterocycles. The summed E-state index contributed by atoms with van der Waals surface area (Å²) in [6, 6.07) is 11.7. The van der Waals surface area contributed by atoms with E-state index in [1.54, 1.807) is 4.90 Å². The molecule has 0 aliphatic carbocycles. The molecule has 1 heterocycles. The number of likely N-dealkylation sites (tertiary alicyclic amines) is 1. The van der Waals surface area contributed by atoms with E-state index in [1.165, 1.54) is 25.3 Å². The Kier molecular flexibility index (Phi) is 7.79. The Morgan fingerprint density at radius 2 is 1.88 bits per heavy atom. The molecule has 0 atom stereocenters. The van der Waals surface area contributed by atoms with Gasteiger partial charge in [0.25, 0.3) is 5.91 Å². The molecule has 7 nitrogen and oxygen atoms in total. The number of benzene rings is 2. The van der Waals surface area contributed by atoms with E-state index in [4.69, 9.17) is 9.47 Å². The zero-order valence-corrected chi connectivity index (χ0v) is 19.9. The van der Waals surface area contributed by atoms with E-state index in [0.717, 1.165) is 18.4 Å². The summed E-state index contributed by atoms with van der Waals surface area (Å²) < 4.78 is 39.5. The van der Waals surface area contributed by atoms with Gasteiger partial charge in [0, 0.05) is 19.6 Å². The van der Waals surface area contributed by atoms with Gasteiger partial charge in [0.05, 0.1) is 23.7 Å². The topological polar surface area (TPSA) is 84.9 Å². The first-order valence-corrected chi connectivity index (χ1v) is 12.4. The lowest BCUT2D eigenvalue weighted by atomic mass is 9.98. The van der Waals surface area contributed by atoms with Crippen LogP contribution in [0.5, 0.6) is 11.5 Å². The largest absolute Gasteiger partial charge is 0.496 e. The molecule has 3 rings (SSSR count). The van der Waals surface area contributed by atoms with Crippen LogP contribution in [-0.4, -0.2) is 45.5 Å². The van der Waals surface area contributed by atoms with Crippen LogP contribution in [-0.2, 0) is 16.6 Å². The molecule has 0 unspecified atom stereocenters. The van der Waals surface area contributed by atoms with Crippen LogP contribution < -0.4 is 14.2 Å². The second-order valence-corrected chi connectivity index (χ2v) is 10.2. The van der Waals surface area contributed by atoms with Crippen molar-refractivity contribution in [1.82, 2.24) is 9.62 Å². The van der Waals surface area contributed by atoms with Gasteiger partial charge in [-0.15, -0.1) is 0 Å². The molecular weight excluding hydrogens is 428 g/mol. The number of methoxy groups -OCH3 is 1. The minimum atomic E-state index is -3.83. The summed E-state index contributed by atoms with van der Waals surface area (Å²) in [6.07, 6.45) is 1.90. The fourth-order valence-corrected chi connectivity index (χ4v) is 4.71. The molecule has 8 heteroatoms. The fourth-order valence-electron chi connectivity index (χ4n) is 3.67. The average Bonchev–Trinajstić information content (AvgIpc) is 2.77. The highest BCUT2D eigenvalue weighted by Crippen LogP contribution is 2.26. The van der Waals surface area contributed by atoms with E-state index in [9.17, 15) is 13.2 Å². The van der Waals surface area contributed by atoms with Crippen molar-refractivity contribution in [2.75, 3.05) is 20.2 Å². The zero-order valence-electron chi connectivity index (χ0n) is 19.1. The molecule has 0 spiro atoms. The number of ether oxygens (including phenoxy) is 2. The van der Waals surface area contributed by atoms with Crippen LogP contribution in [0, 0.1) is 5.92 Å². The van der Waals surface area contributed by atoms with Crippen LogP contribution in [0.3, 0.4) is 0 Å². The standard InChI is InChI=1S/C24H32N2O5S/c1-17(2)31-20-7-5-6-19(14-20)16-25-32(28,29)21-8-9-23(30-4)22(15-21)24(27)26-12-10-18(3)11-13-26/h5-9,14-15,17-18,25H,10-13,16H2,1-4H3. The lowest BCUT2D eigenvalue weighted by molar-refractivity contribution is 0.0693.